The maximum absolute atomic E-state index is 12.4. The lowest BCUT2D eigenvalue weighted by atomic mass is 9.95. The molecule has 0 unspecified atom stereocenters. The molecule has 1 aromatic heterocycles. The van der Waals surface area contributed by atoms with Crippen molar-refractivity contribution in [2.75, 3.05) is 13.1 Å². The van der Waals surface area contributed by atoms with Crippen LogP contribution in [0.1, 0.15) is 30.1 Å². The van der Waals surface area contributed by atoms with Crippen LogP contribution in [0.5, 0.6) is 0 Å². The van der Waals surface area contributed by atoms with E-state index in [0.717, 1.165) is 29.7 Å². The molecule has 0 spiro atoms. The molecule has 2 heterocycles. The summed E-state index contributed by atoms with van der Waals surface area (Å²) in [6.07, 6.45) is 5.07. The Kier molecular flexibility index (Phi) is 4.83. The van der Waals surface area contributed by atoms with Crippen molar-refractivity contribution in [1.82, 2.24) is 14.9 Å². The summed E-state index contributed by atoms with van der Waals surface area (Å²) in [5.74, 6) is 0.923. The van der Waals surface area contributed by atoms with Crippen LogP contribution in [-0.4, -0.2) is 33.9 Å². The van der Waals surface area contributed by atoms with E-state index >= 15 is 0 Å². The Labute approximate surface area is 157 Å². The molecule has 1 fully saturated rings. The van der Waals surface area contributed by atoms with Crippen molar-refractivity contribution in [2.45, 2.75) is 18.8 Å². The number of H-pyrrole nitrogens is 1. The van der Waals surface area contributed by atoms with E-state index in [1.807, 2.05) is 59.5 Å². The molecule has 0 radical (unpaired) electrons. The van der Waals surface area contributed by atoms with Crippen LogP contribution >= 0.6 is 0 Å². The molecule has 27 heavy (non-hydrogen) atoms. The van der Waals surface area contributed by atoms with Gasteiger partial charge in [0.25, 0.3) is 5.56 Å². The highest BCUT2D eigenvalue weighted by Gasteiger charge is 2.24. The molecule has 5 nitrogen and oxygen atoms in total. The maximum atomic E-state index is 12.4. The molecule has 4 rings (SSSR count). The molecule has 1 N–H and O–H groups in total. The van der Waals surface area contributed by atoms with Gasteiger partial charge in [0.1, 0.15) is 5.82 Å². The Morgan fingerprint density at radius 2 is 1.74 bits per heavy atom. The van der Waals surface area contributed by atoms with Crippen molar-refractivity contribution in [3.8, 4) is 0 Å². The quantitative estimate of drug-likeness (QED) is 0.730. The van der Waals surface area contributed by atoms with Crippen LogP contribution < -0.4 is 5.56 Å². The van der Waals surface area contributed by atoms with Gasteiger partial charge in [-0.3, -0.25) is 9.59 Å². The highest BCUT2D eigenvalue weighted by molar-refractivity contribution is 5.91. The van der Waals surface area contributed by atoms with Crippen LogP contribution in [0.3, 0.4) is 0 Å². The van der Waals surface area contributed by atoms with Gasteiger partial charge in [-0.25, -0.2) is 4.98 Å². The molecule has 1 aliphatic rings. The van der Waals surface area contributed by atoms with Gasteiger partial charge in [-0.2, -0.15) is 0 Å². The SMILES string of the molecule is O=C(C=Cc1ccccc1)N1CCC(c2nc3ccccc3c(=O)[nH]2)CC1. The van der Waals surface area contributed by atoms with E-state index < -0.39 is 0 Å². The number of aromatic amines is 1. The number of likely N-dealkylation sites (tertiary alicyclic amines) is 1. The summed E-state index contributed by atoms with van der Waals surface area (Å²) in [7, 11) is 0. The highest BCUT2D eigenvalue weighted by atomic mass is 16.2. The standard InChI is InChI=1S/C22H21N3O2/c26-20(11-10-16-6-2-1-3-7-16)25-14-12-17(13-15-25)21-23-19-9-5-4-8-18(19)22(27)24-21/h1-11,17H,12-15H2,(H,23,24,27). The van der Waals surface area contributed by atoms with Gasteiger partial charge in [0, 0.05) is 25.1 Å². The fourth-order valence-corrected chi connectivity index (χ4v) is 3.51. The lowest BCUT2D eigenvalue weighted by Gasteiger charge is -2.30. The van der Waals surface area contributed by atoms with E-state index in [1.54, 1.807) is 12.1 Å². The number of fused-ring (bicyclic) bond motifs is 1. The number of carbonyl (C=O) groups is 1. The molecule has 0 atom stereocenters. The Bertz CT molecular complexity index is 1030. The zero-order valence-electron chi connectivity index (χ0n) is 15.0. The van der Waals surface area contributed by atoms with Crippen LogP contribution in [0.15, 0.2) is 65.5 Å². The summed E-state index contributed by atoms with van der Waals surface area (Å²) in [5.41, 5.74) is 1.64. The van der Waals surface area contributed by atoms with Gasteiger partial charge in [0.15, 0.2) is 0 Å². The molecule has 3 aromatic rings. The van der Waals surface area contributed by atoms with E-state index in [2.05, 4.69) is 9.97 Å². The number of carbonyl (C=O) groups excluding carboxylic acids is 1. The van der Waals surface area contributed by atoms with Gasteiger partial charge >= 0.3 is 0 Å². The van der Waals surface area contributed by atoms with Gasteiger partial charge < -0.3 is 9.88 Å². The van der Waals surface area contributed by atoms with Gasteiger partial charge in [0.05, 0.1) is 10.9 Å². The summed E-state index contributed by atoms with van der Waals surface area (Å²) in [4.78, 5) is 34.1. The Morgan fingerprint density at radius 3 is 2.52 bits per heavy atom. The van der Waals surface area contributed by atoms with Crippen molar-refractivity contribution in [1.29, 1.82) is 0 Å². The number of benzene rings is 2. The summed E-state index contributed by atoms with van der Waals surface area (Å²) in [5, 5.41) is 0.611. The number of amides is 1. The average Bonchev–Trinajstić information content (AvgIpc) is 2.73. The first kappa shape index (κ1) is 17.2. The van der Waals surface area contributed by atoms with Crippen molar-refractivity contribution in [3.63, 3.8) is 0 Å². The van der Waals surface area contributed by atoms with Crippen LogP contribution in [0.4, 0.5) is 0 Å². The predicted octanol–water partition coefficient (Wildman–Crippen LogP) is 3.34. The molecule has 1 amide bonds. The average molecular weight is 359 g/mol. The molecule has 1 aliphatic heterocycles. The number of para-hydroxylation sites is 1. The van der Waals surface area contributed by atoms with E-state index in [4.69, 9.17) is 0 Å². The predicted molar refractivity (Wildman–Crippen MR) is 106 cm³/mol. The van der Waals surface area contributed by atoms with E-state index in [9.17, 15) is 9.59 Å². The third kappa shape index (κ3) is 3.82. The maximum Gasteiger partial charge on any atom is 0.258 e. The monoisotopic (exact) mass is 359 g/mol. The van der Waals surface area contributed by atoms with Gasteiger partial charge in [-0.1, -0.05) is 42.5 Å². The van der Waals surface area contributed by atoms with Crippen LogP contribution in [-0.2, 0) is 4.79 Å². The number of piperidine rings is 1. The Hall–Kier alpha value is -3.21. The Morgan fingerprint density at radius 1 is 1.04 bits per heavy atom. The molecule has 0 aliphatic carbocycles. The second kappa shape index (κ2) is 7.58. The number of hydrogen-bond acceptors (Lipinski definition) is 3. The number of nitrogens with one attached hydrogen (secondary N) is 1. The lowest BCUT2D eigenvalue weighted by molar-refractivity contribution is -0.127. The number of aromatic nitrogens is 2. The van der Waals surface area contributed by atoms with Crippen molar-refractivity contribution >= 4 is 22.9 Å². The van der Waals surface area contributed by atoms with Gasteiger partial charge in [-0.05, 0) is 36.6 Å². The minimum absolute atomic E-state index is 0.0252. The summed E-state index contributed by atoms with van der Waals surface area (Å²) in [6.45, 7) is 1.33. The minimum Gasteiger partial charge on any atom is -0.339 e. The van der Waals surface area contributed by atoms with Crippen molar-refractivity contribution in [2.24, 2.45) is 0 Å². The summed E-state index contributed by atoms with van der Waals surface area (Å²) in [6, 6.07) is 17.2. The van der Waals surface area contributed by atoms with Gasteiger partial charge in [-0.15, -0.1) is 0 Å². The zero-order chi connectivity index (χ0) is 18.6. The second-order valence-electron chi connectivity index (χ2n) is 6.81. The third-order valence-corrected chi connectivity index (χ3v) is 5.04. The molecular formula is C22H21N3O2. The summed E-state index contributed by atoms with van der Waals surface area (Å²) >= 11 is 0. The normalized spacial score (nSPS) is 15.5. The van der Waals surface area contributed by atoms with Crippen molar-refractivity contribution in [3.05, 3.63) is 82.4 Å². The van der Waals surface area contributed by atoms with Gasteiger partial charge in [0.2, 0.25) is 5.91 Å². The molecular weight excluding hydrogens is 338 g/mol. The van der Waals surface area contributed by atoms with Crippen LogP contribution in [0.2, 0.25) is 0 Å². The van der Waals surface area contributed by atoms with Crippen molar-refractivity contribution < 1.29 is 4.79 Å². The molecule has 0 saturated carbocycles. The number of nitrogens with zero attached hydrogens (tertiary/aromatic N) is 2. The van der Waals surface area contributed by atoms with Crippen LogP contribution in [0.25, 0.3) is 17.0 Å². The van der Waals surface area contributed by atoms with E-state index in [0.29, 0.717) is 18.5 Å². The van der Waals surface area contributed by atoms with Crippen LogP contribution in [0, 0.1) is 0 Å². The first-order chi connectivity index (χ1) is 13.2. The first-order valence-electron chi connectivity index (χ1n) is 9.22. The zero-order valence-corrected chi connectivity index (χ0v) is 15.0. The topological polar surface area (TPSA) is 66.1 Å². The highest BCUT2D eigenvalue weighted by Crippen LogP contribution is 2.26. The Balaban J connectivity index is 1.42. The second-order valence-corrected chi connectivity index (χ2v) is 6.81. The fraction of sp³-hybridized carbons (Fsp3) is 0.227. The van der Waals surface area contributed by atoms with E-state index in [1.165, 1.54) is 0 Å². The third-order valence-electron chi connectivity index (χ3n) is 5.04. The number of hydrogen-bond donors (Lipinski definition) is 1. The summed E-state index contributed by atoms with van der Waals surface area (Å²) < 4.78 is 0. The lowest BCUT2D eigenvalue weighted by Crippen LogP contribution is -2.37. The molecule has 0 bridgehead atoms. The smallest absolute Gasteiger partial charge is 0.258 e. The molecule has 1 saturated heterocycles. The molecule has 2 aromatic carbocycles. The molecule has 136 valence electrons. The molecule has 5 heteroatoms. The van der Waals surface area contributed by atoms with E-state index in [-0.39, 0.29) is 17.4 Å². The number of rotatable bonds is 3. The minimum atomic E-state index is -0.0973. The fourth-order valence-electron chi connectivity index (χ4n) is 3.51. The first-order valence-corrected chi connectivity index (χ1v) is 9.22. The largest absolute Gasteiger partial charge is 0.339 e.